The van der Waals surface area contributed by atoms with E-state index >= 15 is 0 Å². The summed E-state index contributed by atoms with van der Waals surface area (Å²) in [5.41, 5.74) is 2.38. The molecule has 0 atom stereocenters. The maximum Gasteiger partial charge on any atom is 0.338 e. The first-order chi connectivity index (χ1) is 15.9. The monoisotopic (exact) mass is 464 g/mol. The number of esters is 1. The molecule has 1 N–H and O–H groups in total. The van der Waals surface area contributed by atoms with Gasteiger partial charge >= 0.3 is 5.97 Å². The second-order valence-corrected chi connectivity index (χ2v) is 7.90. The van der Waals surface area contributed by atoms with Gasteiger partial charge in [-0.1, -0.05) is 17.8 Å². The highest BCUT2D eigenvalue weighted by atomic mass is 32.2. The molecule has 0 aliphatic carbocycles. The topological polar surface area (TPSA) is 106 Å². The smallest absolute Gasteiger partial charge is 0.338 e. The average Bonchev–Trinajstić information content (AvgIpc) is 2.82. The number of rotatable bonds is 8. The molecule has 33 heavy (non-hydrogen) atoms. The van der Waals surface area contributed by atoms with Crippen molar-refractivity contribution in [1.82, 2.24) is 9.97 Å². The van der Waals surface area contributed by atoms with Crippen LogP contribution >= 0.6 is 11.8 Å². The molecule has 3 rings (SSSR count). The minimum Gasteiger partial charge on any atom is -0.493 e. The predicted octanol–water partition coefficient (Wildman–Crippen LogP) is 5.06. The van der Waals surface area contributed by atoms with Crippen molar-refractivity contribution in [1.29, 1.82) is 5.26 Å². The largest absolute Gasteiger partial charge is 0.493 e. The zero-order valence-corrected chi connectivity index (χ0v) is 19.8. The highest BCUT2D eigenvalue weighted by Gasteiger charge is 2.18. The summed E-state index contributed by atoms with van der Waals surface area (Å²) < 4.78 is 16.0. The van der Waals surface area contributed by atoms with Gasteiger partial charge in [0.05, 0.1) is 31.6 Å². The molecule has 0 unspecified atom stereocenters. The highest BCUT2D eigenvalue weighted by molar-refractivity contribution is 7.98. The Morgan fingerprint density at radius 3 is 2.48 bits per heavy atom. The number of nitrogens with one attached hydrogen (secondary N) is 1. The van der Waals surface area contributed by atoms with E-state index in [0.29, 0.717) is 45.0 Å². The molecule has 1 aromatic heterocycles. The molecule has 2 aromatic carbocycles. The van der Waals surface area contributed by atoms with E-state index in [-0.39, 0.29) is 11.7 Å². The van der Waals surface area contributed by atoms with Gasteiger partial charge in [0.15, 0.2) is 22.5 Å². The van der Waals surface area contributed by atoms with Gasteiger partial charge in [-0.3, -0.25) is 0 Å². The van der Waals surface area contributed by atoms with E-state index in [1.165, 1.54) is 11.8 Å². The van der Waals surface area contributed by atoms with Crippen molar-refractivity contribution in [2.45, 2.75) is 25.1 Å². The zero-order valence-electron chi connectivity index (χ0n) is 19.0. The number of hydrogen-bond donors (Lipinski definition) is 1. The van der Waals surface area contributed by atoms with Crippen molar-refractivity contribution in [2.75, 3.05) is 25.8 Å². The van der Waals surface area contributed by atoms with Crippen LogP contribution in [0.1, 0.15) is 29.8 Å². The Balaban J connectivity index is 2.06. The van der Waals surface area contributed by atoms with E-state index < -0.39 is 5.97 Å². The van der Waals surface area contributed by atoms with Crippen molar-refractivity contribution in [3.05, 3.63) is 53.6 Å². The summed E-state index contributed by atoms with van der Waals surface area (Å²) in [5.74, 6) is 1.00. The van der Waals surface area contributed by atoms with E-state index in [2.05, 4.69) is 21.4 Å². The van der Waals surface area contributed by atoms with Crippen LogP contribution in [0.3, 0.4) is 0 Å². The number of anilines is 2. The van der Waals surface area contributed by atoms with Crippen LogP contribution in [0.25, 0.3) is 11.3 Å². The van der Waals surface area contributed by atoms with Gasteiger partial charge in [0, 0.05) is 11.3 Å². The van der Waals surface area contributed by atoms with Gasteiger partial charge < -0.3 is 19.5 Å². The van der Waals surface area contributed by atoms with E-state index in [0.717, 1.165) is 0 Å². The first-order valence-electron chi connectivity index (χ1n) is 10.1. The molecule has 0 amide bonds. The summed E-state index contributed by atoms with van der Waals surface area (Å²) in [4.78, 5) is 21.3. The van der Waals surface area contributed by atoms with Crippen molar-refractivity contribution in [3.8, 4) is 28.8 Å². The maximum absolute atomic E-state index is 12.3. The fourth-order valence-electron chi connectivity index (χ4n) is 3.06. The van der Waals surface area contributed by atoms with Crippen molar-refractivity contribution >= 4 is 29.2 Å². The molecule has 0 radical (unpaired) electrons. The standard InChI is InChI=1S/C24H24N4O4S/c1-14(2)32-23(29)16-7-6-8-17(11-16)26-22-18(13-25)21(27-24(28-22)33-5)15-9-10-19(30-3)20(12-15)31-4/h6-12,14H,1-5H3,(H,26,27,28). The molecule has 9 heteroatoms. The SMILES string of the molecule is COc1ccc(-c2nc(SC)nc(Nc3cccc(C(=O)OC(C)C)c3)c2C#N)cc1OC. The Bertz CT molecular complexity index is 1210. The Kier molecular flexibility index (Phi) is 7.74. The Morgan fingerprint density at radius 2 is 1.85 bits per heavy atom. The lowest BCUT2D eigenvalue weighted by atomic mass is 10.1. The van der Waals surface area contributed by atoms with Gasteiger partial charge in [0.1, 0.15) is 11.6 Å². The number of nitrogens with zero attached hydrogens (tertiary/aromatic N) is 3. The molecule has 0 bridgehead atoms. The van der Waals surface area contributed by atoms with Gasteiger partial charge in [-0.15, -0.1) is 0 Å². The quantitative estimate of drug-likeness (QED) is 0.278. The third-order valence-corrected chi connectivity index (χ3v) is 5.09. The molecule has 0 saturated carbocycles. The predicted molar refractivity (Wildman–Crippen MR) is 127 cm³/mol. The number of nitriles is 1. The number of carbonyl (C=O) groups excluding carboxylic acids is 1. The third kappa shape index (κ3) is 5.54. The van der Waals surface area contributed by atoms with Crippen LogP contribution in [-0.4, -0.2) is 42.5 Å². The van der Waals surface area contributed by atoms with E-state index in [1.807, 2.05) is 6.26 Å². The molecule has 3 aromatic rings. The fourth-order valence-corrected chi connectivity index (χ4v) is 3.43. The van der Waals surface area contributed by atoms with E-state index in [1.54, 1.807) is 70.5 Å². The number of methoxy groups -OCH3 is 2. The second-order valence-electron chi connectivity index (χ2n) is 7.12. The van der Waals surface area contributed by atoms with Gasteiger partial charge in [-0.25, -0.2) is 14.8 Å². The maximum atomic E-state index is 12.3. The molecular weight excluding hydrogens is 440 g/mol. The minimum absolute atomic E-state index is 0.227. The summed E-state index contributed by atoms with van der Waals surface area (Å²) in [6, 6.07) is 14.4. The normalized spacial score (nSPS) is 10.5. The number of aromatic nitrogens is 2. The molecule has 170 valence electrons. The van der Waals surface area contributed by atoms with Gasteiger partial charge in [-0.2, -0.15) is 5.26 Å². The summed E-state index contributed by atoms with van der Waals surface area (Å²) >= 11 is 1.35. The van der Waals surface area contributed by atoms with Crippen LogP contribution in [0.5, 0.6) is 11.5 Å². The third-order valence-electron chi connectivity index (χ3n) is 4.54. The van der Waals surface area contributed by atoms with Gasteiger partial charge in [0.2, 0.25) is 0 Å². The van der Waals surface area contributed by atoms with Crippen LogP contribution < -0.4 is 14.8 Å². The lowest BCUT2D eigenvalue weighted by molar-refractivity contribution is 0.0378. The van der Waals surface area contributed by atoms with Crippen LogP contribution in [0.4, 0.5) is 11.5 Å². The van der Waals surface area contributed by atoms with Crippen molar-refractivity contribution < 1.29 is 19.0 Å². The lowest BCUT2D eigenvalue weighted by Crippen LogP contribution is -2.11. The first kappa shape index (κ1) is 23.9. The molecule has 0 aliphatic rings. The van der Waals surface area contributed by atoms with Gasteiger partial charge in [0.25, 0.3) is 0 Å². The van der Waals surface area contributed by atoms with Crippen LogP contribution in [0, 0.1) is 11.3 Å². The van der Waals surface area contributed by atoms with Crippen molar-refractivity contribution in [2.24, 2.45) is 0 Å². The second kappa shape index (κ2) is 10.7. The summed E-state index contributed by atoms with van der Waals surface area (Å²) in [7, 11) is 3.10. The fraction of sp³-hybridized carbons (Fsp3) is 0.250. The molecule has 8 nitrogen and oxygen atoms in total. The van der Waals surface area contributed by atoms with Gasteiger partial charge in [-0.05, 0) is 56.5 Å². The Labute approximate surface area is 196 Å². The highest BCUT2D eigenvalue weighted by Crippen LogP contribution is 2.35. The molecule has 0 saturated heterocycles. The Morgan fingerprint density at radius 1 is 1.09 bits per heavy atom. The molecule has 0 fully saturated rings. The minimum atomic E-state index is -0.423. The summed E-state index contributed by atoms with van der Waals surface area (Å²) in [6.07, 6.45) is 1.63. The van der Waals surface area contributed by atoms with Crippen LogP contribution in [0.2, 0.25) is 0 Å². The zero-order chi connectivity index (χ0) is 24.0. The molecular formula is C24H24N4O4S. The first-order valence-corrected chi connectivity index (χ1v) is 11.3. The van der Waals surface area contributed by atoms with Crippen LogP contribution in [0.15, 0.2) is 47.6 Å². The van der Waals surface area contributed by atoms with E-state index in [4.69, 9.17) is 14.2 Å². The van der Waals surface area contributed by atoms with Crippen LogP contribution in [-0.2, 0) is 4.74 Å². The summed E-state index contributed by atoms with van der Waals surface area (Å²) in [5, 5.41) is 13.6. The number of carbonyl (C=O) groups is 1. The molecule has 1 heterocycles. The molecule has 0 spiro atoms. The number of thioether (sulfide) groups is 1. The Hall–Kier alpha value is -3.77. The van der Waals surface area contributed by atoms with E-state index in [9.17, 15) is 10.1 Å². The lowest BCUT2D eigenvalue weighted by Gasteiger charge is -2.14. The number of hydrogen-bond acceptors (Lipinski definition) is 9. The molecule has 0 aliphatic heterocycles. The summed E-state index contributed by atoms with van der Waals surface area (Å²) in [6.45, 7) is 3.58. The number of ether oxygens (including phenoxy) is 3. The number of benzene rings is 2. The van der Waals surface area contributed by atoms with Crippen molar-refractivity contribution in [3.63, 3.8) is 0 Å². The average molecular weight is 465 g/mol.